The SMILES string of the molecule is Cc1ccc(N2CCc3cc4ccc(C)cc4nc32)c(C)c1. The lowest BCUT2D eigenvalue weighted by molar-refractivity contribution is 0.985. The Morgan fingerprint density at radius 3 is 2.50 bits per heavy atom. The van der Waals surface area contributed by atoms with Crippen molar-refractivity contribution >= 4 is 22.4 Å². The lowest BCUT2D eigenvalue weighted by Crippen LogP contribution is -2.15. The van der Waals surface area contributed by atoms with Gasteiger partial charge in [-0.3, -0.25) is 0 Å². The van der Waals surface area contributed by atoms with Gasteiger partial charge >= 0.3 is 0 Å². The van der Waals surface area contributed by atoms with Gasteiger partial charge in [-0.2, -0.15) is 0 Å². The summed E-state index contributed by atoms with van der Waals surface area (Å²) >= 11 is 0. The van der Waals surface area contributed by atoms with Crippen molar-refractivity contribution in [3.8, 4) is 0 Å². The Kier molecular flexibility index (Phi) is 2.93. The summed E-state index contributed by atoms with van der Waals surface area (Å²) in [4.78, 5) is 7.33. The molecule has 2 aromatic carbocycles. The molecule has 0 bridgehead atoms. The van der Waals surface area contributed by atoms with Crippen LogP contribution >= 0.6 is 0 Å². The highest BCUT2D eigenvalue weighted by atomic mass is 15.2. The molecule has 0 saturated carbocycles. The van der Waals surface area contributed by atoms with Crippen molar-refractivity contribution in [3.05, 3.63) is 64.7 Å². The van der Waals surface area contributed by atoms with Crippen molar-refractivity contribution < 1.29 is 0 Å². The topological polar surface area (TPSA) is 16.1 Å². The number of aryl methyl sites for hydroxylation is 3. The zero-order valence-electron chi connectivity index (χ0n) is 13.4. The molecule has 2 nitrogen and oxygen atoms in total. The Bertz CT molecular complexity index is 880. The first-order valence-corrected chi connectivity index (χ1v) is 7.87. The van der Waals surface area contributed by atoms with E-state index in [1.807, 2.05) is 0 Å². The van der Waals surface area contributed by atoms with E-state index in [2.05, 4.69) is 68.1 Å². The summed E-state index contributed by atoms with van der Waals surface area (Å²) in [5, 5.41) is 1.24. The molecule has 1 aliphatic heterocycles. The number of benzene rings is 2. The Balaban J connectivity index is 1.87. The Hall–Kier alpha value is -2.35. The Morgan fingerprint density at radius 1 is 0.909 bits per heavy atom. The highest BCUT2D eigenvalue weighted by molar-refractivity contribution is 5.84. The fourth-order valence-corrected chi connectivity index (χ4v) is 3.41. The molecule has 110 valence electrons. The van der Waals surface area contributed by atoms with Gasteiger partial charge in [-0.25, -0.2) is 4.98 Å². The number of fused-ring (bicyclic) bond motifs is 2. The lowest BCUT2D eigenvalue weighted by atomic mass is 10.1. The van der Waals surface area contributed by atoms with Crippen LogP contribution in [0.1, 0.15) is 22.3 Å². The van der Waals surface area contributed by atoms with Gasteiger partial charge in [0.15, 0.2) is 0 Å². The van der Waals surface area contributed by atoms with Crippen molar-refractivity contribution in [2.75, 3.05) is 11.4 Å². The van der Waals surface area contributed by atoms with Crippen molar-refractivity contribution in [1.29, 1.82) is 0 Å². The molecule has 0 N–H and O–H groups in total. The van der Waals surface area contributed by atoms with Crippen molar-refractivity contribution in [1.82, 2.24) is 4.98 Å². The van der Waals surface area contributed by atoms with E-state index < -0.39 is 0 Å². The van der Waals surface area contributed by atoms with E-state index in [-0.39, 0.29) is 0 Å². The molecule has 0 amide bonds. The molecule has 3 aromatic rings. The summed E-state index contributed by atoms with van der Waals surface area (Å²) in [7, 11) is 0. The highest BCUT2D eigenvalue weighted by Gasteiger charge is 2.23. The van der Waals surface area contributed by atoms with Crippen LogP contribution in [0.5, 0.6) is 0 Å². The molecule has 0 radical (unpaired) electrons. The van der Waals surface area contributed by atoms with Gasteiger partial charge in [0.1, 0.15) is 5.82 Å². The summed E-state index contributed by atoms with van der Waals surface area (Å²) in [5.74, 6) is 1.13. The van der Waals surface area contributed by atoms with Gasteiger partial charge in [0.05, 0.1) is 5.52 Å². The van der Waals surface area contributed by atoms with Crippen LogP contribution in [-0.2, 0) is 6.42 Å². The predicted octanol–water partition coefficient (Wildman–Crippen LogP) is 4.85. The number of rotatable bonds is 1. The molecule has 0 unspecified atom stereocenters. The van der Waals surface area contributed by atoms with E-state index in [1.165, 1.54) is 33.3 Å². The van der Waals surface area contributed by atoms with Gasteiger partial charge in [-0.05, 0) is 62.1 Å². The highest BCUT2D eigenvalue weighted by Crippen LogP contribution is 2.36. The maximum absolute atomic E-state index is 4.96. The van der Waals surface area contributed by atoms with Gasteiger partial charge < -0.3 is 4.90 Å². The van der Waals surface area contributed by atoms with Gasteiger partial charge in [0.2, 0.25) is 0 Å². The molecule has 2 heterocycles. The van der Waals surface area contributed by atoms with Crippen molar-refractivity contribution in [2.24, 2.45) is 0 Å². The third-order valence-electron chi connectivity index (χ3n) is 4.53. The largest absolute Gasteiger partial charge is 0.326 e. The Labute approximate surface area is 131 Å². The summed E-state index contributed by atoms with van der Waals surface area (Å²) in [6, 6.07) is 15.5. The van der Waals surface area contributed by atoms with Crippen LogP contribution in [0.25, 0.3) is 10.9 Å². The second kappa shape index (κ2) is 4.84. The quantitative estimate of drug-likeness (QED) is 0.636. The average molecular weight is 288 g/mol. The normalized spacial score (nSPS) is 13.7. The third kappa shape index (κ3) is 2.07. The molecule has 2 heteroatoms. The standard InChI is InChI=1S/C20H20N2/c1-13-5-7-19(15(3)10-13)22-9-8-17-12-16-6-4-14(2)11-18(16)21-20(17)22/h4-7,10-12H,8-9H2,1-3H3. The van der Waals surface area contributed by atoms with Gasteiger partial charge in [-0.1, -0.05) is 29.8 Å². The fourth-order valence-electron chi connectivity index (χ4n) is 3.41. The molecule has 0 aliphatic carbocycles. The first-order chi connectivity index (χ1) is 10.6. The zero-order valence-corrected chi connectivity index (χ0v) is 13.4. The monoisotopic (exact) mass is 288 g/mol. The summed E-state index contributed by atoms with van der Waals surface area (Å²) in [6.45, 7) is 7.46. The molecule has 0 spiro atoms. The zero-order chi connectivity index (χ0) is 15.3. The van der Waals surface area contributed by atoms with Gasteiger partial charge in [-0.15, -0.1) is 0 Å². The van der Waals surface area contributed by atoms with Crippen molar-refractivity contribution in [3.63, 3.8) is 0 Å². The van der Waals surface area contributed by atoms with Crippen LogP contribution in [0.2, 0.25) is 0 Å². The van der Waals surface area contributed by atoms with E-state index in [9.17, 15) is 0 Å². The first-order valence-electron chi connectivity index (χ1n) is 7.87. The number of anilines is 2. The first kappa shape index (κ1) is 13.3. The molecule has 22 heavy (non-hydrogen) atoms. The predicted molar refractivity (Wildman–Crippen MR) is 93.1 cm³/mol. The minimum atomic E-state index is 1.02. The Morgan fingerprint density at radius 2 is 1.68 bits per heavy atom. The minimum absolute atomic E-state index is 1.02. The fraction of sp³-hybridized carbons (Fsp3) is 0.250. The van der Waals surface area contributed by atoms with Gasteiger partial charge in [0, 0.05) is 17.6 Å². The number of pyridine rings is 1. The third-order valence-corrected chi connectivity index (χ3v) is 4.53. The number of hydrogen-bond acceptors (Lipinski definition) is 2. The van der Waals surface area contributed by atoms with Crippen LogP contribution in [0.15, 0.2) is 42.5 Å². The minimum Gasteiger partial charge on any atom is -0.326 e. The molecular weight excluding hydrogens is 268 g/mol. The van der Waals surface area contributed by atoms with E-state index in [4.69, 9.17) is 4.98 Å². The van der Waals surface area contributed by atoms with Crippen LogP contribution in [0, 0.1) is 20.8 Å². The molecule has 1 aliphatic rings. The van der Waals surface area contributed by atoms with E-state index in [1.54, 1.807) is 0 Å². The van der Waals surface area contributed by atoms with Crippen LogP contribution in [-0.4, -0.2) is 11.5 Å². The van der Waals surface area contributed by atoms with Crippen LogP contribution in [0.4, 0.5) is 11.5 Å². The number of nitrogens with zero attached hydrogens (tertiary/aromatic N) is 2. The number of hydrogen-bond donors (Lipinski definition) is 0. The molecule has 0 fully saturated rings. The second-order valence-electron chi connectivity index (χ2n) is 6.36. The number of aromatic nitrogens is 1. The summed E-state index contributed by atoms with van der Waals surface area (Å²) < 4.78 is 0. The molecule has 4 rings (SSSR count). The smallest absolute Gasteiger partial charge is 0.137 e. The van der Waals surface area contributed by atoms with E-state index >= 15 is 0 Å². The maximum atomic E-state index is 4.96. The maximum Gasteiger partial charge on any atom is 0.137 e. The summed E-state index contributed by atoms with van der Waals surface area (Å²) in [6.07, 6.45) is 1.07. The summed E-state index contributed by atoms with van der Waals surface area (Å²) in [5.41, 5.74) is 7.62. The van der Waals surface area contributed by atoms with E-state index in [0.717, 1.165) is 24.3 Å². The van der Waals surface area contributed by atoms with Crippen molar-refractivity contribution in [2.45, 2.75) is 27.2 Å². The van der Waals surface area contributed by atoms with Gasteiger partial charge in [0.25, 0.3) is 0 Å². The van der Waals surface area contributed by atoms with Crippen LogP contribution < -0.4 is 4.90 Å². The molecule has 1 aromatic heterocycles. The molecule has 0 atom stereocenters. The molecular formula is C20H20N2. The average Bonchev–Trinajstić information content (AvgIpc) is 2.88. The second-order valence-corrected chi connectivity index (χ2v) is 6.36. The molecule has 0 saturated heterocycles. The lowest BCUT2D eigenvalue weighted by Gasteiger charge is -2.21. The van der Waals surface area contributed by atoms with E-state index in [0.29, 0.717) is 0 Å². The van der Waals surface area contributed by atoms with Crippen LogP contribution in [0.3, 0.4) is 0 Å².